The lowest BCUT2D eigenvalue weighted by Crippen LogP contribution is -1.85. The van der Waals surface area contributed by atoms with Gasteiger partial charge >= 0.3 is 0 Å². The summed E-state index contributed by atoms with van der Waals surface area (Å²) in [5.74, 6) is 12.9. The Bertz CT molecular complexity index is 2880. The molecule has 4 aliphatic heterocycles. The zero-order chi connectivity index (χ0) is 34.4. The van der Waals surface area contributed by atoms with Crippen LogP contribution in [0.3, 0.4) is 0 Å². The molecule has 0 unspecified atom stereocenters. The molecular weight excluding hydrogens is 641 g/mol. The van der Waals surface area contributed by atoms with E-state index in [9.17, 15) is 0 Å². The maximum absolute atomic E-state index is 4.92. The number of H-pyrrole nitrogens is 4. The lowest BCUT2D eigenvalue weighted by molar-refractivity contribution is 1.27. The monoisotopic (exact) mass is 666 g/mol. The van der Waals surface area contributed by atoms with Crippen molar-refractivity contribution >= 4 is 92.7 Å². The van der Waals surface area contributed by atoms with Gasteiger partial charge in [-0.2, -0.15) is 0 Å². The van der Waals surface area contributed by atoms with Crippen LogP contribution in [-0.4, -0.2) is 39.9 Å². The van der Waals surface area contributed by atoms with Crippen LogP contribution in [0.25, 0.3) is 92.7 Å². The summed E-state index contributed by atoms with van der Waals surface area (Å²) in [7, 11) is 0. The van der Waals surface area contributed by atoms with Crippen molar-refractivity contribution in [3.63, 3.8) is 0 Å². The molecule has 242 valence electrons. The van der Waals surface area contributed by atoms with Crippen molar-refractivity contribution in [2.45, 2.75) is 0 Å². The molecule has 4 N–H and O–H groups in total. The third kappa shape index (κ3) is 5.83. The van der Waals surface area contributed by atoms with Crippen LogP contribution >= 0.6 is 0 Å². The standard InChI is InChI=1S/C44H26N8/c1(3-39-41-17-13-35(49-41)23-31-9-5-27(45-31)21-28-6-10-32(46-28)24-36-14-18-42(39)50-36)2-4-40-43-19-15-37(51-43)25-33-11-7-29(47-33)22-30-8-12-34(48-30)26-38-16-20-44(40)52-38/h5-26,45,47,49,51H. The highest BCUT2D eigenvalue weighted by Crippen LogP contribution is 2.23. The van der Waals surface area contributed by atoms with Gasteiger partial charge in [0.1, 0.15) is 0 Å². The molecule has 0 aromatic carbocycles. The highest BCUT2D eigenvalue weighted by Gasteiger charge is 2.09. The summed E-state index contributed by atoms with van der Waals surface area (Å²) in [5, 5.41) is 0. The van der Waals surface area contributed by atoms with E-state index >= 15 is 0 Å². The van der Waals surface area contributed by atoms with Crippen LogP contribution in [0, 0.1) is 23.7 Å². The molecule has 0 aliphatic carbocycles. The smallest absolute Gasteiger partial charge is 0.0815 e. The fraction of sp³-hybridized carbons (Fsp3) is 0. The topological polar surface area (TPSA) is 115 Å². The van der Waals surface area contributed by atoms with Crippen LogP contribution in [-0.2, 0) is 0 Å². The number of hydrogen-bond donors (Lipinski definition) is 4. The number of nitrogens with one attached hydrogen (secondary N) is 4. The van der Waals surface area contributed by atoms with Gasteiger partial charge in [-0.1, -0.05) is 0 Å². The molecule has 0 fully saturated rings. The van der Waals surface area contributed by atoms with Crippen molar-refractivity contribution in [3.05, 3.63) is 142 Å². The van der Waals surface area contributed by atoms with Crippen LogP contribution in [0.4, 0.5) is 0 Å². The first-order valence-electron chi connectivity index (χ1n) is 16.8. The fourth-order valence-corrected chi connectivity index (χ4v) is 6.47. The van der Waals surface area contributed by atoms with Gasteiger partial charge < -0.3 is 19.9 Å². The van der Waals surface area contributed by atoms with Gasteiger partial charge in [-0.25, -0.2) is 19.9 Å². The predicted octanol–water partition coefficient (Wildman–Crippen LogP) is 9.03. The van der Waals surface area contributed by atoms with Crippen LogP contribution in [0.5, 0.6) is 0 Å². The van der Waals surface area contributed by atoms with E-state index in [1.54, 1.807) is 0 Å². The van der Waals surface area contributed by atoms with Crippen molar-refractivity contribution < 1.29 is 0 Å². The summed E-state index contributed by atoms with van der Waals surface area (Å²) in [5.41, 5.74) is 15.5. The Morgan fingerprint density at radius 1 is 0.327 bits per heavy atom. The highest BCUT2D eigenvalue weighted by molar-refractivity contribution is 5.84. The molecule has 0 saturated carbocycles. The van der Waals surface area contributed by atoms with Crippen LogP contribution < -0.4 is 0 Å². The van der Waals surface area contributed by atoms with Gasteiger partial charge in [0.25, 0.3) is 0 Å². The van der Waals surface area contributed by atoms with E-state index in [4.69, 9.17) is 19.9 Å². The predicted molar refractivity (Wildman–Crippen MR) is 211 cm³/mol. The van der Waals surface area contributed by atoms with Gasteiger partial charge in [0.15, 0.2) is 0 Å². The second-order valence-corrected chi connectivity index (χ2v) is 12.6. The number of rotatable bonds is 0. The van der Waals surface area contributed by atoms with E-state index in [-0.39, 0.29) is 0 Å². The maximum atomic E-state index is 4.92. The molecule has 10 rings (SSSR count). The van der Waals surface area contributed by atoms with Crippen molar-refractivity contribution in [1.29, 1.82) is 0 Å². The van der Waals surface area contributed by atoms with Gasteiger partial charge in [0.05, 0.1) is 67.7 Å². The van der Waals surface area contributed by atoms with Gasteiger partial charge in [-0.05, 0) is 157 Å². The number of aromatic nitrogens is 8. The molecule has 16 bridgehead atoms. The zero-order valence-electron chi connectivity index (χ0n) is 27.5. The average molecular weight is 667 g/mol. The molecule has 0 spiro atoms. The molecule has 6 aromatic rings. The molecule has 8 nitrogen and oxygen atoms in total. The third-order valence-corrected chi connectivity index (χ3v) is 8.88. The Hall–Kier alpha value is -7.68. The quantitative estimate of drug-likeness (QED) is 0.121. The minimum atomic E-state index is 0.740. The fourth-order valence-electron chi connectivity index (χ4n) is 6.47. The first kappa shape index (κ1) is 29.3. The van der Waals surface area contributed by atoms with Crippen molar-refractivity contribution in [2.75, 3.05) is 0 Å². The number of nitrogens with zero attached hydrogens (tertiary/aromatic N) is 4. The molecule has 4 aliphatic rings. The lowest BCUT2D eigenvalue weighted by Gasteiger charge is -1.93. The average Bonchev–Trinajstić information content (AvgIpc) is 3.97. The van der Waals surface area contributed by atoms with Gasteiger partial charge in [-0.3, -0.25) is 0 Å². The number of aromatic amines is 4. The molecule has 10 heterocycles. The number of fused-ring (bicyclic) bond motifs is 16. The summed E-state index contributed by atoms with van der Waals surface area (Å²) in [4.78, 5) is 33.3. The van der Waals surface area contributed by atoms with Crippen LogP contribution in [0.15, 0.2) is 84.9 Å². The minimum Gasteiger partial charge on any atom is -0.355 e. The van der Waals surface area contributed by atoms with Crippen LogP contribution in [0.1, 0.15) is 56.7 Å². The Balaban J connectivity index is 1.14. The summed E-state index contributed by atoms with van der Waals surface area (Å²) < 4.78 is 0. The van der Waals surface area contributed by atoms with Crippen molar-refractivity contribution in [1.82, 2.24) is 39.9 Å². The van der Waals surface area contributed by atoms with E-state index in [2.05, 4.69) is 55.8 Å². The Morgan fingerprint density at radius 2 is 0.673 bits per heavy atom. The minimum absolute atomic E-state index is 0.740. The zero-order valence-corrected chi connectivity index (χ0v) is 27.5. The first-order chi connectivity index (χ1) is 25.6. The Labute approximate surface area is 297 Å². The highest BCUT2D eigenvalue weighted by atomic mass is 14.8. The normalized spacial score (nSPS) is 12.4. The molecular formula is C44H26N8. The van der Waals surface area contributed by atoms with Gasteiger partial charge in [0.2, 0.25) is 0 Å². The molecule has 0 radical (unpaired) electrons. The summed E-state index contributed by atoms with van der Waals surface area (Å²) in [6.07, 6.45) is 15.9. The second kappa shape index (κ2) is 12.0. The van der Waals surface area contributed by atoms with E-state index < -0.39 is 0 Å². The van der Waals surface area contributed by atoms with Crippen molar-refractivity contribution in [3.8, 4) is 23.7 Å². The van der Waals surface area contributed by atoms with Crippen molar-refractivity contribution in [2.24, 2.45) is 0 Å². The van der Waals surface area contributed by atoms with Crippen LogP contribution in [0.2, 0.25) is 0 Å². The van der Waals surface area contributed by atoms with E-state index in [1.165, 1.54) is 0 Å². The second-order valence-electron chi connectivity index (χ2n) is 12.6. The summed E-state index contributed by atoms with van der Waals surface area (Å²) in [6.45, 7) is 0. The number of hydrogen-bond acceptors (Lipinski definition) is 4. The Morgan fingerprint density at radius 3 is 1.13 bits per heavy atom. The molecule has 6 aromatic heterocycles. The Kier molecular flexibility index (Phi) is 6.77. The molecule has 52 heavy (non-hydrogen) atoms. The largest absolute Gasteiger partial charge is 0.355 e. The molecule has 0 atom stereocenters. The maximum Gasteiger partial charge on any atom is 0.0815 e. The van der Waals surface area contributed by atoms with E-state index in [0.29, 0.717) is 0 Å². The summed E-state index contributed by atoms with van der Waals surface area (Å²) >= 11 is 0. The first-order valence-corrected chi connectivity index (χ1v) is 16.8. The van der Waals surface area contributed by atoms with Gasteiger partial charge in [0, 0.05) is 33.1 Å². The van der Waals surface area contributed by atoms with Gasteiger partial charge in [-0.15, -0.1) is 0 Å². The molecule has 0 saturated heterocycles. The van der Waals surface area contributed by atoms with E-state index in [1.807, 2.05) is 121 Å². The molecule has 0 amide bonds. The third-order valence-electron chi connectivity index (χ3n) is 8.88. The van der Waals surface area contributed by atoms with E-state index in [0.717, 1.165) is 101 Å². The summed E-state index contributed by atoms with van der Waals surface area (Å²) in [6, 6.07) is 28.4. The molecule has 8 heteroatoms. The SMILES string of the molecule is C(C#Cc1c2nc(cc3nc(cc4ccc(cc5ccc1[nH]5)[nH]4)C=C3)C=C2)#Cc1c2nc(cc3nc(cc4ccc(cc5ccc1[nH]5)[nH]4)C=C3)C=C2. The lowest BCUT2D eigenvalue weighted by atomic mass is 10.2.